The zero-order valence-corrected chi connectivity index (χ0v) is 20.2. The van der Waals surface area contributed by atoms with E-state index in [1.807, 2.05) is 0 Å². The van der Waals surface area contributed by atoms with Crippen LogP contribution in [-0.2, 0) is 35.5 Å². The lowest BCUT2D eigenvalue weighted by Gasteiger charge is -2.12. The summed E-state index contributed by atoms with van der Waals surface area (Å²) in [4.78, 5) is 24.1. The normalized spacial score (nSPS) is 21.2. The summed E-state index contributed by atoms with van der Waals surface area (Å²) < 4.78 is 35.5. The maximum absolute atomic E-state index is 13.1. The van der Waals surface area contributed by atoms with E-state index in [2.05, 4.69) is 15.5 Å². The fourth-order valence-corrected chi connectivity index (χ4v) is 6.10. The summed E-state index contributed by atoms with van der Waals surface area (Å²) in [6.45, 7) is 0.400. The van der Waals surface area contributed by atoms with Gasteiger partial charge in [0.2, 0.25) is 0 Å². The highest BCUT2D eigenvalue weighted by Gasteiger charge is 2.37. The molecule has 9 nitrogen and oxygen atoms in total. The molecule has 2 aliphatic rings. The Balaban J connectivity index is 1.55. The lowest BCUT2D eigenvalue weighted by molar-refractivity contribution is -0.110. The molecular formula is C22H27N3O6S2. The van der Waals surface area contributed by atoms with Gasteiger partial charge in [0.25, 0.3) is 5.91 Å². The van der Waals surface area contributed by atoms with Crippen LogP contribution in [0.2, 0.25) is 0 Å². The lowest BCUT2D eigenvalue weighted by atomic mass is 10.1. The Morgan fingerprint density at radius 1 is 1.15 bits per heavy atom. The summed E-state index contributed by atoms with van der Waals surface area (Å²) in [5, 5.41) is 7.03. The first-order valence-electron chi connectivity index (χ1n) is 10.8. The number of hydrogen-bond acceptors (Lipinski definition) is 9. The van der Waals surface area contributed by atoms with E-state index in [1.165, 1.54) is 23.5 Å². The van der Waals surface area contributed by atoms with E-state index in [4.69, 9.17) is 14.3 Å². The fraction of sp³-hybridized carbons (Fsp3) is 0.500. The number of amides is 1. The van der Waals surface area contributed by atoms with Crippen molar-refractivity contribution in [2.45, 2.75) is 61.1 Å². The van der Waals surface area contributed by atoms with Gasteiger partial charge in [0.1, 0.15) is 6.10 Å². The molecule has 0 saturated heterocycles. The first-order chi connectivity index (χ1) is 15.9. The van der Waals surface area contributed by atoms with Crippen molar-refractivity contribution >= 4 is 37.9 Å². The van der Waals surface area contributed by atoms with Crippen LogP contribution in [0.4, 0.5) is 5.13 Å². The van der Waals surface area contributed by atoms with Crippen LogP contribution in [-0.4, -0.2) is 56.7 Å². The highest BCUT2D eigenvalue weighted by atomic mass is 32.2. The van der Waals surface area contributed by atoms with Crippen molar-refractivity contribution in [2.24, 2.45) is 5.16 Å². The zero-order valence-electron chi connectivity index (χ0n) is 18.5. The number of carbonyl (C=O) groups is 1. The molecule has 0 unspecified atom stereocenters. The van der Waals surface area contributed by atoms with Gasteiger partial charge in [-0.05, 0) is 37.8 Å². The van der Waals surface area contributed by atoms with Gasteiger partial charge in [-0.15, -0.1) is 0 Å². The van der Waals surface area contributed by atoms with Crippen LogP contribution in [0.25, 0.3) is 0 Å². The molecule has 11 heteroatoms. The first-order valence-corrected chi connectivity index (χ1v) is 13.1. The van der Waals surface area contributed by atoms with E-state index < -0.39 is 15.7 Å². The van der Waals surface area contributed by atoms with Crippen LogP contribution >= 0.6 is 11.3 Å². The summed E-state index contributed by atoms with van der Waals surface area (Å²) in [5.41, 5.74) is 0.506. The minimum atomic E-state index is -3.32. The monoisotopic (exact) mass is 493 g/mol. The number of benzene rings is 1. The van der Waals surface area contributed by atoms with Crippen LogP contribution < -0.4 is 5.32 Å². The molecule has 1 heterocycles. The van der Waals surface area contributed by atoms with Crippen LogP contribution in [0.5, 0.6) is 0 Å². The smallest absolute Gasteiger partial charge is 0.280 e. The van der Waals surface area contributed by atoms with Crippen molar-refractivity contribution in [3.8, 4) is 0 Å². The molecule has 1 aromatic carbocycles. The van der Waals surface area contributed by atoms with E-state index in [0.29, 0.717) is 36.6 Å². The second-order valence-electron chi connectivity index (χ2n) is 8.13. The predicted octanol–water partition coefficient (Wildman–Crippen LogP) is 3.15. The number of ether oxygens (including phenoxy) is 2. The van der Waals surface area contributed by atoms with Crippen molar-refractivity contribution in [2.75, 3.05) is 19.5 Å². The minimum absolute atomic E-state index is 0.0507. The third kappa shape index (κ3) is 5.78. The molecule has 0 spiro atoms. The molecule has 4 rings (SSSR count). The number of anilines is 1. The third-order valence-corrected chi connectivity index (χ3v) is 8.82. The van der Waals surface area contributed by atoms with Crippen molar-refractivity contribution in [3.63, 3.8) is 0 Å². The Labute approximate surface area is 197 Å². The van der Waals surface area contributed by atoms with E-state index in [1.54, 1.807) is 32.5 Å². The van der Waals surface area contributed by atoms with Crippen molar-refractivity contribution in [3.05, 3.63) is 40.9 Å². The Morgan fingerprint density at radius 3 is 2.52 bits per heavy atom. The van der Waals surface area contributed by atoms with Gasteiger partial charge < -0.3 is 14.3 Å². The zero-order chi connectivity index (χ0) is 23.4. The third-order valence-electron chi connectivity index (χ3n) is 5.66. The number of aromatic nitrogens is 1. The number of nitrogens with one attached hydrogen (secondary N) is 1. The number of methoxy groups -OCH3 is 2. The van der Waals surface area contributed by atoms with E-state index in [0.717, 1.165) is 17.7 Å². The van der Waals surface area contributed by atoms with Crippen LogP contribution in [0.15, 0.2) is 40.5 Å². The number of sulfone groups is 1. The Bertz CT molecular complexity index is 1110. The molecule has 1 N–H and O–H groups in total. The molecule has 2 atom stereocenters. The molecule has 0 radical (unpaired) electrons. The topological polar surface area (TPSA) is 116 Å². The standard InChI is InChI=1S/C22H27N3O6S2/c1-29-13-17-12-23-22(32-17)24-21(26)20(25-31-16-6-5-15(11-16)30-2)14-3-7-18(8-4-14)33(27,28)19-9-10-19/h3-4,7-8,12,15-16,19H,5-6,9-11,13H2,1-2H3,(H,23,24,26)/t15-,16-/m1/s1. The maximum atomic E-state index is 13.1. The highest BCUT2D eigenvalue weighted by molar-refractivity contribution is 7.92. The second-order valence-corrected chi connectivity index (χ2v) is 11.5. The number of nitrogens with zero attached hydrogens (tertiary/aromatic N) is 2. The van der Waals surface area contributed by atoms with Gasteiger partial charge in [-0.3, -0.25) is 10.1 Å². The summed E-state index contributed by atoms with van der Waals surface area (Å²) in [6, 6.07) is 6.20. The van der Waals surface area contributed by atoms with E-state index >= 15 is 0 Å². The van der Waals surface area contributed by atoms with Gasteiger partial charge in [0, 0.05) is 32.4 Å². The van der Waals surface area contributed by atoms with E-state index in [9.17, 15) is 13.2 Å². The number of oxime groups is 1. The first kappa shape index (κ1) is 23.8. The molecule has 178 valence electrons. The molecule has 0 bridgehead atoms. The SMILES string of the molecule is COCc1cnc(NC(=O)C(=NO[C@@H]2CC[C@@H](OC)C2)c2ccc(S(=O)(=O)C3CC3)cc2)s1. The second kappa shape index (κ2) is 10.3. The van der Waals surface area contributed by atoms with Gasteiger partial charge in [-0.1, -0.05) is 28.6 Å². The van der Waals surface area contributed by atoms with Gasteiger partial charge in [-0.2, -0.15) is 0 Å². The number of hydrogen-bond donors (Lipinski definition) is 1. The van der Waals surface area contributed by atoms with Gasteiger partial charge in [0.15, 0.2) is 20.7 Å². The van der Waals surface area contributed by atoms with Crippen molar-refractivity contribution < 1.29 is 27.5 Å². The Morgan fingerprint density at radius 2 is 1.88 bits per heavy atom. The summed E-state index contributed by atoms with van der Waals surface area (Å²) >= 11 is 1.30. The number of rotatable bonds is 10. The number of carbonyl (C=O) groups excluding carboxylic acids is 1. The van der Waals surface area contributed by atoms with Gasteiger partial charge >= 0.3 is 0 Å². The summed E-state index contributed by atoms with van der Waals surface area (Å²) in [5.74, 6) is -0.493. The molecule has 1 aromatic heterocycles. The van der Waals surface area contributed by atoms with Gasteiger partial charge in [0.05, 0.1) is 27.7 Å². The highest BCUT2D eigenvalue weighted by Crippen LogP contribution is 2.33. The molecule has 2 fully saturated rings. The quantitative estimate of drug-likeness (QED) is 0.399. The Hall–Kier alpha value is -2.34. The maximum Gasteiger partial charge on any atom is 0.280 e. The summed E-state index contributed by atoms with van der Waals surface area (Å²) in [6.07, 6.45) is 5.32. The largest absolute Gasteiger partial charge is 0.392 e. The molecular weight excluding hydrogens is 466 g/mol. The molecule has 1 amide bonds. The van der Waals surface area contributed by atoms with E-state index in [-0.39, 0.29) is 28.1 Å². The molecule has 2 saturated carbocycles. The Kier molecular flexibility index (Phi) is 7.42. The van der Waals surface area contributed by atoms with Crippen molar-refractivity contribution in [1.82, 2.24) is 4.98 Å². The van der Waals surface area contributed by atoms with Gasteiger partial charge in [-0.25, -0.2) is 13.4 Å². The van der Waals surface area contributed by atoms with Crippen LogP contribution in [0, 0.1) is 0 Å². The molecule has 0 aliphatic heterocycles. The van der Waals surface area contributed by atoms with Crippen LogP contribution in [0.3, 0.4) is 0 Å². The number of thiazole rings is 1. The van der Waals surface area contributed by atoms with Crippen molar-refractivity contribution in [1.29, 1.82) is 0 Å². The molecule has 33 heavy (non-hydrogen) atoms. The predicted molar refractivity (Wildman–Crippen MR) is 124 cm³/mol. The molecule has 2 aromatic rings. The molecule has 2 aliphatic carbocycles. The minimum Gasteiger partial charge on any atom is -0.392 e. The summed E-state index contributed by atoms with van der Waals surface area (Å²) in [7, 11) is -0.0674. The average molecular weight is 494 g/mol. The lowest BCUT2D eigenvalue weighted by Crippen LogP contribution is -2.25. The van der Waals surface area contributed by atoms with Crippen LogP contribution in [0.1, 0.15) is 42.5 Å². The average Bonchev–Trinajstić information content (AvgIpc) is 3.44. The fourth-order valence-electron chi connectivity index (χ4n) is 3.67.